The van der Waals surface area contributed by atoms with Crippen molar-refractivity contribution >= 4 is 27.5 Å². The monoisotopic (exact) mass is 316 g/mol. The molecule has 0 fully saturated rings. The lowest BCUT2D eigenvalue weighted by molar-refractivity contribution is 0.537. The molecule has 0 amide bonds. The average Bonchev–Trinajstić information content (AvgIpc) is 2.70. The standard InChI is InChI=1S/C13H11BrClFO/c1-7-5-9(6-8(2)12(7)16)11(15)10-3-4-17-13(10)14/h3-6,11H,1-2H3. The third-order valence-corrected chi connectivity index (χ3v) is 3.80. The van der Waals surface area contributed by atoms with E-state index in [2.05, 4.69) is 15.9 Å². The Hall–Kier alpha value is -0.800. The van der Waals surface area contributed by atoms with Gasteiger partial charge in [0.1, 0.15) is 5.82 Å². The number of hydrogen-bond donors (Lipinski definition) is 0. The average molecular weight is 318 g/mol. The molecule has 0 aliphatic heterocycles. The summed E-state index contributed by atoms with van der Waals surface area (Å²) >= 11 is 9.65. The van der Waals surface area contributed by atoms with Crippen molar-refractivity contribution in [2.75, 3.05) is 0 Å². The van der Waals surface area contributed by atoms with E-state index in [0.717, 1.165) is 11.1 Å². The van der Waals surface area contributed by atoms with E-state index in [1.807, 2.05) is 0 Å². The normalized spacial score (nSPS) is 12.8. The van der Waals surface area contributed by atoms with Crippen LogP contribution in [-0.4, -0.2) is 0 Å². The van der Waals surface area contributed by atoms with Crippen molar-refractivity contribution in [1.82, 2.24) is 0 Å². The zero-order chi connectivity index (χ0) is 12.6. The van der Waals surface area contributed by atoms with Gasteiger partial charge in [0.15, 0.2) is 4.67 Å². The third kappa shape index (κ3) is 2.40. The van der Waals surface area contributed by atoms with Crippen molar-refractivity contribution in [3.05, 3.63) is 57.2 Å². The Morgan fingerprint density at radius 2 is 1.88 bits per heavy atom. The number of halogens is 3. The molecule has 1 aromatic heterocycles. The summed E-state index contributed by atoms with van der Waals surface area (Å²) in [6, 6.07) is 5.33. The molecular formula is C13H11BrClFO. The first kappa shape index (κ1) is 12.7. The molecule has 1 atom stereocenters. The summed E-state index contributed by atoms with van der Waals surface area (Å²) in [7, 11) is 0. The number of alkyl halides is 1. The van der Waals surface area contributed by atoms with E-state index >= 15 is 0 Å². The van der Waals surface area contributed by atoms with E-state index in [-0.39, 0.29) is 11.2 Å². The molecule has 0 spiro atoms. The second-order valence-electron chi connectivity index (χ2n) is 3.98. The van der Waals surface area contributed by atoms with Crippen LogP contribution in [0.4, 0.5) is 4.39 Å². The van der Waals surface area contributed by atoms with E-state index < -0.39 is 0 Å². The van der Waals surface area contributed by atoms with Gasteiger partial charge in [-0.25, -0.2) is 4.39 Å². The lowest BCUT2D eigenvalue weighted by Crippen LogP contribution is -1.97. The number of aryl methyl sites for hydroxylation is 2. The summed E-state index contributed by atoms with van der Waals surface area (Å²) in [5, 5.41) is -0.346. The van der Waals surface area contributed by atoms with Crippen LogP contribution in [0.15, 0.2) is 33.5 Å². The molecule has 0 radical (unpaired) electrons. The van der Waals surface area contributed by atoms with Crippen LogP contribution in [0.25, 0.3) is 0 Å². The molecule has 17 heavy (non-hydrogen) atoms. The summed E-state index contributed by atoms with van der Waals surface area (Å²) < 4.78 is 19.3. The fraction of sp³-hybridized carbons (Fsp3) is 0.231. The third-order valence-electron chi connectivity index (χ3n) is 2.67. The summed E-state index contributed by atoms with van der Waals surface area (Å²) in [4.78, 5) is 0. The SMILES string of the molecule is Cc1cc(C(Cl)c2ccoc2Br)cc(C)c1F. The van der Waals surface area contributed by atoms with Crippen LogP contribution >= 0.6 is 27.5 Å². The quantitative estimate of drug-likeness (QED) is 0.700. The first-order valence-corrected chi connectivity index (χ1v) is 6.37. The largest absolute Gasteiger partial charge is 0.457 e. The van der Waals surface area contributed by atoms with E-state index in [1.165, 1.54) is 0 Å². The molecule has 2 rings (SSSR count). The summed E-state index contributed by atoms with van der Waals surface area (Å²) in [5.74, 6) is -0.177. The molecule has 1 nitrogen and oxygen atoms in total. The van der Waals surface area contributed by atoms with Crippen LogP contribution in [0, 0.1) is 19.7 Å². The molecule has 90 valence electrons. The first-order chi connectivity index (χ1) is 8.00. The Morgan fingerprint density at radius 3 is 2.35 bits per heavy atom. The van der Waals surface area contributed by atoms with Gasteiger partial charge in [-0.3, -0.25) is 0 Å². The fourth-order valence-corrected chi connectivity index (χ4v) is 2.69. The highest BCUT2D eigenvalue weighted by Gasteiger charge is 2.18. The first-order valence-electron chi connectivity index (χ1n) is 5.14. The van der Waals surface area contributed by atoms with Crippen LogP contribution in [0.5, 0.6) is 0 Å². The molecule has 0 aliphatic rings. The Labute approximate surface area is 113 Å². The fourth-order valence-electron chi connectivity index (χ4n) is 1.79. The smallest absolute Gasteiger partial charge is 0.173 e. The highest BCUT2D eigenvalue weighted by atomic mass is 79.9. The maximum absolute atomic E-state index is 13.5. The molecule has 4 heteroatoms. The molecule has 1 heterocycles. The van der Waals surface area contributed by atoms with Crippen LogP contribution in [0.3, 0.4) is 0 Å². The molecule has 1 aromatic carbocycles. The van der Waals surface area contributed by atoms with Gasteiger partial charge in [-0.05, 0) is 52.5 Å². The predicted molar refractivity (Wildman–Crippen MR) is 70.0 cm³/mol. The Kier molecular flexibility index (Phi) is 3.59. The summed E-state index contributed by atoms with van der Waals surface area (Å²) in [6.45, 7) is 3.47. The lowest BCUT2D eigenvalue weighted by Gasteiger charge is -2.11. The van der Waals surface area contributed by atoms with Crippen molar-refractivity contribution < 1.29 is 8.81 Å². The number of rotatable bonds is 2. The molecular weight excluding hydrogens is 306 g/mol. The van der Waals surface area contributed by atoms with Gasteiger partial charge in [0.2, 0.25) is 0 Å². The van der Waals surface area contributed by atoms with Crippen molar-refractivity contribution in [2.24, 2.45) is 0 Å². The second kappa shape index (κ2) is 4.83. The molecule has 0 bridgehead atoms. The molecule has 0 N–H and O–H groups in total. The van der Waals surface area contributed by atoms with Gasteiger partial charge in [-0.1, -0.05) is 12.1 Å². The highest BCUT2D eigenvalue weighted by Crippen LogP contribution is 2.35. The maximum atomic E-state index is 13.5. The number of furan rings is 1. The maximum Gasteiger partial charge on any atom is 0.173 e. The van der Waals surface area contributed by atoms with Crippen LogP contribution in [0.2, 0.25) is 0 Å². The molecule has 0 saturated carbocycles. The van der Waals surface area contributed by atoms with Gasteiger partial charge in [0.05, 0.1) is 11.6 Å². The Morgan fingerprint density at radius 1 is 1.29 bits per heavy atom. The van der Waals surface area contributed by atoms with Gasteiger partial charge < -0.3 is 4.42 Å². The van der Waals surface area contributed by atoms with Gasteiger partial charge in [0.25, 0.3) is 0 Å². The minimum absolute atomic E-state index is 0.177. The number of benzene rings is 1. The molecule has 0 aliphatic carbocycles. The minimum Gasteiger partial charge on any atom is -0.457 e. The van der Waals surface area contributed by atoms with Crippen molar-refractivity contribution in [1.29, 1.82) is 0 Å². The number of hydrogen-bond acceptors (Lipinski definition) is 1. The van der Waals surface area contributed by atoms with Crippen molar-refractivity contribution in [2.45, 2.75) is 19.2 Å². The van der Waals surface area contributed by atoms with Crippen LogP contribution in [-0.2, 0) is 0 Å². The van der Waals surface area contributed by atoms with Gasteiger partial charge in [-0.2, -0.15) is 0 Å². The van der Waals surface area contributed by atoms with Gasteiger partial charge in [0, 0.05) is 5.56 Å². The zero-order valence-corrected chi connectivity index (χ0v) is 11.8. The van der Waals surface area contributed by atoms with Gasteiger partial charge >= 0.3 is 0 Å². The predicted octanol–water partition coefficient (Wildman–Crippen LogP) is 5.13. The molecule has 0 saturated heterocycles. The molecule has 1 unspecified atom stereocenters. The summed E-state index contributed by atoms with van der Waals surface area (Å²) in [6.07, 6.45) is 1.57. The topological polar surface area (TPSA) is 13.1 Å². The Bertz CT molecular complexity index is 527. The van der Waals surface area contributed by atoms with E-state index in [9.17, 15) is 4.39 Å². The Balaban J connectivity index is 2.45. The molecule has 2 aromatic rings. The van der Waals surface area contributed by atoms with Crippen molar-refractivity contribution in [3.8, 4) is 0 Å². The van der Waals surface area contributed by atoms with Crippen LogP contribution < -0.4 is 0 Å². The van der Waals surface area contributed by atoms with E-state index in [0.29, 0.717) is 15.8 Å². The van der Waals surface area contributed by atoms with E-state index in [1.54, 1.807) is 38.3 Å². The highest BCUT2D eigenvalue weighted by molar-refractivity contribution is 9.10. The summed E-state index contributed by atoms with van der Waals surface area (Å²) in [5.41, 5.74) is 2.91. The second-order valence-corrected chi connectivity index (χ2v) is 5.14. The minimum atomic E-state index is -0.346. The van der Waals surface area contributed by atoms with Gasteiger partial charge in [-0.15, -0.1) is 11.6 Å². The lowest BCUT2D eigenvalue weighted by atomic mass is 10.0. The zero-order valence-electron chi connectivity index (χ0n) is 9.43. The van der Waals surface area contributed by atoms with E-state index in [4.69, 9.17) is 16.0 Å². The van der Waals surface area contributed by atoms with Crippen molar-refractivity contribution in [3.63, 3.8) is 0 Å². The van der Waals surface area contributed by atoms with Crippen LogP contribution in [0.1, 0.15) is 27.6 Å².